The number of anilines is 1. The van der Waals surface area contributed by atoms with Crippen LogP contribution in [0.2, 0.25) is 0 Å². The third kappa shape index (κ3) is 3.51. The van der Waals surface area contributed by atoms with Crippen LogP contribution in [0.15, 0.2) is 36.7 Å². The maximum absolute atomic E-state index is 13.3. The summed E-state index contributed by atoms with van der Waals surface area (Å²) in [5.74, 6) is -1.09. The number of nitrogens with two attached hydrogens (primary N) is 1. The van der Waals surface area contributed by atoms with Gasteiger partial charge in [0.15, 0.2) is 0 Å². The van der Waals surface area contributed by atoms with E-state index in [9.17, 15) is 23.1 Å². The summed E-state index contributed by atoms with van der Waals surface area (Å²) in [6.07, 6.45) is -3.22. The molecule has 0 radical (unpaired) electrons. The molecule has 1 heterocycles. The average Bonchev–Trinajstić information content (AvgIpc) is 2.93. The Labute approximate surface area is 136 Å². The molecule has 0 aliphatic heterocycles. The summed E-state index contributed by atoms with van der Waals surface area (Å²) in [6, 6.07) is 5.93. The lowest BCUT2D eigenvalue weighted by Crippen LogP contribution is -2.46. The lowest BCUT2D eigenvalue weighted by molar-refractivity contribution is -0.272. The molecule has 0 fully saturated rings. The summed E-state index contributed by atoms with van der Waals surface area (Å²) >= 11 is 0. The fourth-order valence-corrected chi connectivity index (χ4v) is 2.24. The van der Waals surface area contributed by atoms with Crippen LogP contribution in [0.3, 0.4) is 0 Å². The van der Waals surface area contributed by atoms with Crippen LogP contribution in [0.4, 0.5) is 18.9 Å². The van der Waals surface area contributed by atoms with Crippen molar-refractivity contribution in [1.29, 1.82) is 0 Å². The van der Waals surface area contributed by atoms with Crippen molar-refractivity contribution >= 4 is 11.6 Å². The molecule has 130 valence electrons. The minimum absolute atomic E-state index is 0.261. The number of carbonyl (C=O) groups excluding carboxylic acids is 1. The third-order valence-electron chi connectivity index (χ3n) is 3.61. The third-order valence-corrected chi connectivity index (χ3v) is 3.61. The number of aliphatic hydroxyl groups is 1. The van der Waals surface area contributed by atoms with Crippen molar-refractivity contribution in [3.63, 3.8) is 0 Å². The number of amides is 1. The lowest BCUT2D eigenvalue weighted by Gasteiger charge is -2.29. The van der Waals surface area contributed by atoms with Crippen LogP contribution in [0.1, 0.15) is 22.6 Å². The maximum atomic E-state index is 13.3. The van der Waals surface area contributed by atoms with E-state index in [1.54, 1.807) is 0 Å². The Kier molecular flexibility index (Phi) is 4.83. The molecule has 2 aromatic rings. The summed E-state index contributed by atoms with van der Waals surface area (Å²) in [5, 5.41) is 12.5. The quantitative estimate of drug-likeness (QED) is 0.719. The van der Waals surface area contributed by atoms with Crippen LogP contribution >= 0.6 is 0 Å². The standard InChI is InChI=1S/C15H17F3N4O2/c1-22-9-8-21-13(22)14(24,15(16,17)18)6-7-20-12(23)10-2-4-11(19)5-3-10/h2-5,8-9,24H,6-7,19H2,1H3,(H,20,23). The molecule has 0 aliphatic rings. The van der Waals surface area contributed by atoms with Gasteiger partial charge in [-0.1, -0.05) is 0 Å². The Morgan fingerprint density at radius 3 is 2.46 bits per heavy atom. The molecule has 6 nitrogen and oxygen atoms in total. The Balaban J connectivity index is 2.08. The monoisotopic (exact) mass is 342 g/mol. The number of aryl methyl sites for hydroxylation is 1. The zero-order chi connectivity index (χ0) is 18.0. The van der Waals surface area contributed by atoms with Gasteiger partial charge in [0.05, 0.1) is 0 Å². The highest BCUT2D eigenvalue weighted by Gasteiger charge is 2.57. The summed E-state index contributed by atoms with van der Waals surface area (Å²) in [4.78, 5) is 15.5. The van der Waals surface area contributed by atoms with E-state index >= 15 is 0 Å². The van der Waals surface area contributed by atoms with Crippen LogP contribution in [0.25, 0.3) is 0 Å². The van der Waals surface area contributed by atoms with Gasteiger partial charge in [-0.15, -0.1) is 0 Å². The predicted octanol–water partition coefficient (Wildman–Crippen LogP) is 1.57. The molecule has 0 aliphatic carbocycles. The SMILES string of the molecule is Cn1ccnc1C(O)(CCNC(=O)c1ccc(N)cc1)C(F)(F)F. The molecule has 1 atom stereocenters. The normalized spacial score (nSPS) is 14.2. The molecular formula is C15H17F3N4O2. The number of nitrogens with zero attached hydrogens (tertiary/aromatic N) is 2. The number of nitrogen functional groups attached to an aromatic ring is 1. The molecule has 0 saturated carbocycles. The molecule has 1 aromatic heterocycles. The second-order valence-electron chi connectivity index (χ2n) is 5.35. The van der Waals surface area contributed by atoms with Crippen molar-refractivity contribution in [2.75, 3.05) is 12.3 Å². The average molecular weight is 342 g/mol. The number of hydrogen-bond donors (Lipinski definition) is 3. The van der Waals surface area contributed by atoms with Gasteiger partial charge in [-0.3, -0.25) is 4.79 Å². The maximum Gasteiger partial charge on any atom is 0.424 e. The first-order valence-electron chi connectivity index (χ1n) is 7.06. The van der Waals surface area contributed by atoms with Gasteiger partial charge in [0, 0.05) is 43.7 Å². The zero-order valence-corrected chi connectivity index (χ0v) is 12.8. The molecule has 1 unspecified atom stereocenters. The number of rotatable bonds is 5. The molecule has 1 aromatic carbocycles. The minimum Gasteiger partial charge on any atom is -0.399 e. The molecular weight excluding hydrogens is 325 g/mol. The number of alkyl halides is 3. The summed E-state index contributed by atoms with van der Waals surface area (Å²) in [7, 11) is 1.35. The molecule has 0 saturated heterocycles. The fraction of sp³-hybridized carbons (Fsp3) is 0.333. The van der Waals surface area contributed by atoms with Crippen LogP contribution in [-0.2, 0) is 12.6 Å². The highest BCUT2D eigenvalue weighted by atomic mass is 19.4. The number of aromatic nitrogens is 2. The predicted molar refractivity (Wildman–Crippen MR) is 81.0 cm³/mol. The number of carbonyl (C=O) groups is 1. The van der Waals surface area contributed by atoms with E-state index in [4.69, 9.17) is 5.73 Å². The van der Waals surface area contributed by atoms with E-state index in [0.717, 1.165) is 4.57 Å². The van der Waals surface area contributed by atoms with Gasteiger partial charge in [-0.25, -0.2) is 4.98 Å². The Morgan fingerprint density at radius 2 is 1.96 bits per heavy atom. The van der Waals surface area contributed by atoms with E-state index in [1.807, 2.05) is 0 Å². The van der Waals surface area contributed by atoms with Gasteiger partial charge < -0.3 is 20.7 Å². The van der Waals surface area contributed by atoms with Crippen LogP contribution < -0.4 is 11.1 Å². The molecule has 24 heavy (non-hydrogen) atoms. The summed E-state index contributed by atoms with van der Waals surface area (Å²) in [6.45, 7) is -0.383. The van der Waals surface area contributed by atoms with E-state index in [-0.39, 0.29) is 12.1 Å². The molecule has 9 heteroatoms. The highest BCUT2D eigenvalue weighted by Crippen LogP contribution is 2.40. The summed E-state index contributed by atoms with van der Waals surface area (Å²) < 4.78 is 41.0. The molecule has 0 bridgehead atoms. The number of benzene rings is 1. The van der Waals surface area contributed by atoms with Crippen molar-refractivity contribution in [3.05, 3.63) is 48.0 Å². The van der Waals surface area contributed by atoms with E-state index in [1.165, 1.54) is 43.7 Å². The second kappa shape index (κ2) is 6.52. The number of hydrogen-bond acceptors (Lipinski definition) is 4. The van der Waals surface area contributed by atoms with Gasteiger partial charge in [0.2, 0.25) is 5.60 Å². The molecule has 2 rings (SSSR count). The second-order valence-corrected chi connectivity index (χ2v) is 5.35. The summed E-state index contributed by atoms with van der Waals surface area (Å²) in [5.41, 5.74) is 3.07. The number of imidazole rings is 1. The van der Waals surface area contributed by atoms with E-state index in [2.05, 4.69) is 10.3 Å². The van der Waals surface area contributed by atoms with Crippen molar-refractivity contribution in [1.82, 2.24) is 14.9 Å². The number of nitrogens with one attached hydrogen (secondary N) is 1. The van der Waals surface area contributed by atoms with Crippen molar-refractivity contribution in [3.8, 4) is 0 Å². The zero-order valence-electron chi connectivity index (χ0n) is 12.8. The van der Waals surface area contributed by atoms with Crippen molar-refractivity contribution in [2.24, 2.45) is 7.05 Å². The van der Waals surface area contributed by atoms with Gasteiger partial charge >= 0.3 is 6.18 Å². The van der Waals surface area contributed by atoms with E-state index < -0.39 is 29.9 Å². The molecule has 1 amide bonds. The number of halogens is 3. The van der Waals surface area contributed by atoms with Crippen LogP contribution in [-0.4, -0.2) is 33.3 Å². The highest BCUT2D eigenvalue weighted by molar-refractivity contribution is 5.94. The van der Waals surface area contributed by atoms with Crippen molar-refractivity contribution < 1.29 is 23.1 Å². The first kappa shape index (κ1) is 17.8. The largest absolute Gasteiger partial charge is 0.424 e. The lowest BCUT2D eigenvalue weighted by atomic mass is 9.97. The molecule has 4 N–H and O–H groups in total. The van der Waals surface area contributed by atoms with Gasteiger partial charge in [-0.05, 0) is 24.3 Å². The van der Waals surface area contributed by atoms with Crippen molar-refractivity contribution in [2.45, 2.75) is 18.2 Å². The topological polar surface area (TPSA) is 93.2 Å². The van der Waals surface area contributed by atoms with Crippen LogP contribution in [0, 0.1) is 0 Å². The first-order valence-corrected chi connectivity index (χ1v) is 7.06. The smallest absolute Gasteiger partial charge is 0.399 e. The fourth-order valence-electron chi connectivity index (χ4n) is 2.24. The Morgan fingerprint density at radius 1 is 1.33 bits per heavy atom. The van der Waals surface area contributed by atoms with E-state index in [0.29, 0.717) is 5.69 Å². The van der Waals surface area contributed by atoms with Gasteiger partial charge in [0.25, 0.3) is 5.91 Å². The minimum atomic E-state index is -4.93. The first-order chi connectivity index (χ1) is 11.1. The Hall–Kier alpha value is -2.55. The van der Waals surface area contributed by atoms with Gasteiger partial charge in [0.1, 0.15) is 5.82 Å². The van der Waals surface area contributed by atoms with Gasteiger partial charge in [-0.2, -0.15) is 13.2 Å². The molecule has 0 spiro atoms. The van der Waals surface area contributed by atoms with Crippen LogP contribution in [0.5, 0.6) is 0 Å². The Bertz CT molecular complexity index is 712.